The highest BCUT2D eigenvalue weighted by Gasteiger charge is 2.21. The van der Waals surface area contributed by atoms with Gasteiger partial charge < -0.3 is 14.8 Å². The standard InChI is InChI=1S/C16H25NO2/c1-4-17-15(11-16-18-7-8-19-16)10-14-6-5-12(2)13(3)9-14/h5-6,9,15-17H,4,7-8,10-11H2,1-3H3. The molecule has 0 aliphatic carbocycles. The lowest BCUT2D eigenvalue weighted by molar-refractivity contribution is -0.0525. The number of ether oxygens (including phenoxy) is 2. The molecule has 19 heavy (non-hydrogen) atoms. The van der Waals surface area contributed by atoms with Crippen LogP contribution in [0.15, 0.2) is 18.2 Å². The fourth-order valence-electron chi connectivity index (χ4n) is 2.52. The third kappa shape index (κ3) is 4.30. The monoisotopic (exact) mass is 263 g/mol. The molecule has 1 N–H and O–H groups in total. The normalized spacial score (nSPS) is 17.8. The highest BCUT2D eigenvalue weighted by molar-refractivity contribution is 5.30. The minimum atomic E-state index is -0.0319. The summed E-state index contributed by atoms with van der Waals surface area (Å²) in [5.74, 6) is 0. The number of aryl methyl sites for hydroxylation is 2. The minimum absolute atomic E-state index is 0.0319. The van der Waals surface area contributed by atoms with Crippen molar-refractivity contribution in [3.8, 4) is 0 Å². The predicted octanol–water partition coefficient (Wildman–Crippen LogP) is 2.59. The van der Waals surface area contributed by atoms with E-state index in [4.69, 9.17) is 9.47 Å². The van der Waals surface area contributed by atoms with E-state index in [1.54, 1.807) is 0 Å². The van der Waals surface area contributed by atoms with Gasteiger partial charge in [-0.1, -0.05) is 25.1 Å². The smallest absolute Gasteiger partial charge is 0.159 e. The molecular formula is C16H25NO2. The van der Waals surface area contributed by atoms with Crippen LogP contribution >= 0.6 is 0 Å². The van der Waals surface area contributed by atoms with Crippen LogP contribution in [0.3, 0.4) is 0 Å². The van der Waals surface area contributed by atoms with Gasteiger partial charge in [0.25, 0.3) is 0 Å². The van der Waals surface area contributed by atoms with Crippen molar-refractivity contribution in [2.75, 3.05) is 19.8 Å². The molecule has 1 atom stereocenters. The van der Waals surface area contributed by atoms with Gasteiger partial charge >= 0.3 is 0 Å². The molecule has 1 heterocycles. The summed E-state index contributed by atoms with van der Waals surface area (Å²) in [4.78, 5) is 0. The van der Waals surface area contributed by atoms with Crippen molar-refractivity contribution >= 4 is 0 Å². The van der Waals surface area contributed by atoms with E-state index >= 15 is 0 Å². The maximum Gasteiger partial charge on any atom is 0.159 e. The highest BCUT2D eigenvalue weighted by atomic mass is 16.7. The Kier molecular flexibility index (Phi) is 5.37. The Bertz CT molecular complexity index is 400. The van der Waals surface area contributed by atoms with E-state index in [2.05, 4.69) is 44.3 Å². The summed E-state index contributed by atoms with van der Waals surface area (Å²) < 4.78 is 11.1. The van der Waals surface area contributed by atoms with Crippen LogP contribution < -0.4 is 5.32 Å². The number of hydrogen-bond acceptors (Lipinski definition) is 3. The van der Waals surface area contributed by atoms with Crippen LogP contribution in [0.25, 0.3) is 0 Å². The lowest BCUT2D eigenvalue weighted by atomic mass is 9.99. The molecule has 1 fully saturated rings. The molecule has 1 aromatic carbocycles. The van der Waals surface area contributed by atoms with Gasteiger partial charge in [0.15, 0.2) is 6.29 Å². The second-order valence-corrected chi connectivity index (χ2v) is 5.28. The second-order valence-electron chi connectivity index (χ2n) is 5.28. The van der Waals surface area contributed by atoms with Gasteiger partial charge in [-0.15, -0.1) is 0 Å². The Balaban J connectivity index is 1.96. The molecule has 1 saturated heterocycles. The van der Waals surface area contributed by atoms with Crippen LogP contribution in [0.2, 0.25) is 0 Å². The van der Waals surface area contributed by atoms with E-state index in [0.29, 0.717) is 6.04 Å². The van der Waals surface area contributed by atoms with E-state index in [1.165, 1.54) is 16.7 Å². The first kappa shape index (κ1) is 14.5. The van der Waals surface area contributed by atoms with E-state index < -0.39 is 0 Å². The number of likely N-dealkylation sites (N-methyl/N-ethyl adjacent to an activating group) is 1. The molecule has 3 heteroatoms. The van der Waals surface area contributed by atoms with Gasteiger partial charge in [0.1, 0.15) is 0 Å². The summed E-state index contributed by atoms with van der Waals surface area (Å²) in [5, 5.41) is 3.53. The van der Waals surface area contributed by atoms with Crippen LogP contribution in [0, 0.1) is 13.8 Å². The Hall–Kier alpha value is -0.900. The first-order valence-corrected chi connectivity index (χ1v) is 7.21. The van der Waals surface area contributed by atoms with Crippen molar-refractivity contribution < 1.29 is 9.47 Å². The summed E-state index contributed by atoms with van der Waals surface area (Å²) >= 11 is 0. The zero-order valence-electron chi connectivity index (χ0n) is 12.2. The Morgan fingerprint density at radius 1 is 1.21 bits per heavy atom. The van der Waals surface area contributed by atoms with Crippen molar-refractivity contribution in [2.24, 2.45) is 0 Å². The number of rotatable bonds is 6. The molecule has 106 valence electrons. The Morgan fingerprint density at radius 3 is 2.58 bits per heavy atom. The number of nitrogens with one attached hydrogen (secondary N) is 1. The van der Waals surface area contributed by atoms with E-state index in [-0.39, 0.29) is 6.29 Å². The van der Waals surface area contributed by atoms with Gasteiger partial charge in [-0.05, 0) is 43.5 Å². The molecule has 1 aliphatic heterocycles. The Morgan fingerprint density at radius 2 is 1.95 bits per heavy atom. The molecule has 1 aromatic rings. The van der Waals surface area contributed by atoms with E-state index in [0.717, 1.165) is 32.6 Å². The first-order valence-electron chi connectivity index (χ1n) is 7.21. The molecule has 0 aromatic heterocycles. The fourth-order valence-corrected chi connectivity index (χ4v) is 2.52. The van der Waals surface area contributed by atoms with Gasteiger partial charge in [-0.3, -0.25) is 0 Å². The lowest BCUT2D eigenvalue weighted by Gasteiger charge is -2.21. The molecule has 0 spiro atoms. The minimum Gasteiger partial charge on any atom is -0.350 e. The largest absolute Gasteiger partial charge is 0.350 e. The van der Waals surface area contributed by atoms with Crippen LogP contribution in [0.4, 0.5) is 0 Å². The average Bonchev–Trinajstić information content (AvgIpc) is 2.87. The van der Waals surface area contributed by atoms with E-state index in [1.807, 2.05) is 0 Å². The van der Waals surface area contributed by atoms with Crippen molar-refractivity contribution in [2.45, 2.75) is 45.9 Å². The quantitative estimate of drug-likeness (QED) is 0.855. The van der Waals surface area contributed by atoms with Gasteiger partial charge in [0.05, 0.1) is 13.2 Å². The van der Waals surface area contributed by atoms with E-state index in [9.17, 15) is 0 Å². The van der Waals surface area contributed by atoms with Crippen LogP contribution in [0.5, 0.6) is 0 Å². The lowest BCUT2D eigenvalue weighted by Crippen LogP contribution is -2.34. The van der Waals surface area contributed by atoms with Gasteiger partial charge in [0, 0.05) is 12.5 Å². The molecular weight excluding hydrogens is 238 g/mol. The Labute approximate surface area is 116 Å². The molecule has 3 nitrogen and oxygen atoms in total. The van der Waals surface area contributed by atoms with Crippen molar-refractivity contribution in [1.82, 2.24) is 5.32 Å². The summed E-state index contributed by atoms with van der Waals surface area (Å²) in [6.07, 6.45) is 1.91. The molecule has 0 bridgehead atoms. The fraction of sp³-hybridized carbons (Fsp3) is 0.625. The second kappa shape index (κ2) is 7.04. The SMILES string of the molecule is CCNC(Cc1ccc(C)c(C)c1)CC1OCCO1. The van der Waals surface area contributed by atoms with Gasteiger partial charge in [-0.25, -0.2) is 0 Å². The van der Waals surface area contributed by atoms with Crippen molar-refractivity contribution in [3.05, 3.63) is 34.9 Å². The molecule has 1 unspecified atom stereocenters. The average molecular weight is 263 g/mol. The van der Waals surface area contributed by atoms with Crippen molar-refractivity contribution in [1.29, 1.82) is 0 Å². The zero-order chi connectivity index (χ0) is 13.7. The van der Waals surface area contributed by atoms with Crippen LogP contribution in [-0.4, -0.2) is 32.1 Å². The summed E-state index contributed by atoms with van der Waals surface area (Å²) in [5.41, 5.74) is 4.10. The van der Waals surface area contributed by atoms with Crippen LogP contribution in [-0.2, 0) is 15.9 Å². The van der Waals surface area contributed by atoms with Gasteiger partial charge in [0.2, 0.25) is 0 Å². The molecule has 1 aliphatic rings. The topological polar surface area (TPSA) is 30.5 Å². The van der Waals surface area contributed by atoms with Gasteiger partial charge in [-0.2, -0.15) is 0 Å². The highest BCUT2D eigenvalue weighted by Crippen LogP contribution is 2.16. The van der Waals surface area contributed by atoms with Crippen molar-refractivity contribution in [3.63, 3.8) is 0 Å². The maximum absolute atomic E-state index is 5.55. The molecule has 2 rings (SSSR count). The molecule has 0 saturated carbocycles. The first-order chi connectivity index (χ1) is 9.19. The predicted molar refractivity (Wildman–Crippen MR) is 77.4 cm³/mol. The number of benzene rings is 1. The van der Waals surface area contributed by atoms with Crippen LogP contribution in [0.1, 0.15) is 30.0 Å². The summed E-state index contributed by atoms with van der Waals surface area (Å²) in [7, 11) is 0. The third-order valence-corrected chi connectivity index (χ3v) is 3.71. The molecule has 0 radical (unpaired) electrons. The summed E-state index contributed by atoms with van der Waals surface area (Å²) in [6, 6.07) is 7.13. The summed E-state index contributed by atoms with van der Waals surface area (Å²) in [6.45, 7) is 8.90. The number of hydrogen-bond donors (Lipinski definition) is 1. The maximum atomic E-state index is 5.55. The third-order valence-electron chi connectivity index (χ3n) is 3.71. The molecule has 0 amide bonds. The zero-order valence-corrected chi connectivity index (χ0v) is 12.2.